The maximum Gasteiger partial charge on any atom is 0.368 e. The van der Waals surface area contributed by atoms with E-state index in [1.165, 1.54) is 6.42 Å². The molecule has 1 aliphatic carbocycles. The first-order chi connectivity index (χ1) is 5.84. The monoisotopic (exact) mass is 170 g/mol. The Morgan fingerprint density at radius 3 is 3.00 bits per heavy atom. The lowest BCUT2D eigenvalue weighted by Crippen LogP contribution is -2.10. The van der Waals surface area contributed by atoms with E-state index >= 15 is 0 Å². The largest absolute Gasteiger partial charge is 0.368 e. The van der Waals surface area contributed by atoms with Gasteiger partial charge in [-0.15, -0.1) is 0 Å². The maximum atomic E-state index is 11.1. The topological polar surface area (TPSA) is 35.5 Å². The summed E-state index contributed by atoms with van der Waals surface area (Å²) in [5, 5.41) is 0. The molecule has 0 fully saturated rings. The van der Waals surface area contributed by atoms with Crippen molar-refractivity contribution in [1.29, 1.82) is 0 Å². The van der Waals surface area contributed by atoms with E-state index < -0.39 is 0 Å². The molecule has 0 spiro atoms. The molecule has 0 bridgehead atoms. The van der Waals surface area contributed by atoms with E-state index in [1.807, 2.05) is 6.08 Å². The maximum absolute atomic E-state index is 11.1. The molecule has 3 nitrogen and oxygen atoms in total. The van der Waals surface area contributed by atoms with Gasteiger partial charge in [-0.1, -0.05) is 6.08 Å². The molecule has 0 aromatic heterocycles. The Hall–Kier alpha value is -0.830. The van der Waals surface area contributed by atoms with Crippen LogP contribution in [0, 0.1) is 0 Å². The summed E-state index contributed by atoms with van der Waals surface area (Å²) in [7, 11) is 0. The second kappa shape index (κ2) is 4.93. The molecular formula is C9H14O3. The van der Waals surface area contributed by atoms with Crippen molar-refractivity contribution in [1.82, 2.24) is 0 Å². The molecule has 0 aromatic rings. The number of rotatable bonds is 3. The van der Waals surface area contributed by atoms with Crippen molar-refractivity contribution in [2.75, 3.05) is 6.61 Å². The van der Waals surface area contributed by atoms with Crippen molar-refractivity contribution in [2.45, 2.75) is 32.6 Å². The van der Waals surface area contributed by atoms with Gasteiger partial charge < -0.3 is 0 Å². The van der Waals surface area contributed by atoms with Crippen LogP contribution in [-0.4, -0.2) is 12.6 Å². The zero-order chi connectivity index (χ0) is 8.81. The third-order valence-corrected chi connectivity index (χ3v) is 1.81. The summed E-state index contributed by atoms with van der Waals surface area (Å²) in [5.41, 5.74) is 0.759. The average molecular weight is 170 g/mol. The fourth-order valence-electron chi connectivity index (χ4n) is 1.19. The minimum atomic E-state index is -0.323. The number of carbonyl (C=O) groups excluding carboxylic acids is 1. The molecule has 0 saturated heterocycles. The van der Waals surface area contributed by atoms with Crippen molar-refractivity contribution >= 4 is 5.97 Å². The lowest BCUT2D eigenvalue weighted by molar-refractivity contribution is -0.265. The zero-order valence-corrected chi connectivity index (χ0v) is 7.34. The van der Waals surface area contributed by atoms with E-state index in [0.717, 1.165) is 24.8 Å². The SMILES string of the molecule is CCOOC(=O)C1=CCCCC1. The van der Waals surface area contributed by atoms with Gasteiger partial charge in [-0.2, -0.15) is 4.89 Å². The van der Waals surface area contributed by atoms with Crippen molar-refractivity contribution in [2.24, 2.45) is 0 Å². The highest BCUT2D eigenvalue weighted by atomic mass is 17.2. The molecule has 0 atom stereocenters. The molecule has 0 unspecified atom stereocenters. The number of hydrogen-bond donors (Lipinski definition) is 0. The predicted molar refractivity (Wildman–Crippen MR) is 44.3 cm³/mol. The summed E-state index contributed by atoms with van der Waals surface area (Å²) in [4.78, 5) is 20.2. The van der Waals surface area contributed by atoms with Crippen LogP contribution in [0.1, 0.15) is 32.6 Å². The third kappa shape index (κ3) is 2.66. The molecule has 0 N–H and O–H groups in total. The van der Waals surface area contributed by atoms with E-state index in [2.05, 4.69) is 9.78 Å². The Kier molecular flexibility index (Phi) is 3.80. The molecule has 3 heteroatoms. The van der Waals surface area contributed by atoms with Crippen LogP contribution in [0.25, 0.3) is 0 Å². The molecule has 0 aliphatic heterocycles. The van der Waals surface area contributed by atoms with E-state index in [9.17, 15) is 4.79 Å². The highest BCUT2D eigenvalue weighted by Gasteiger charge is 2.13. The van der Waals surface area contributed by atoms with E-state index in [0.29, 0.717) is 6.61 Å². The van der Waals surface area contributed by atoms with E-state index in [1.54, 1.807) is 6.92 Å². The third-order valence-electron chi connectivity index (χ3n) is 1.81. The summed E-state index contributed by atoms with van der Waals surface area (Å²) in [5.74, 6) is -0.323. The number of carbonyl (C=O) groups is 1. The lowest BCUT2D eigenvalue weighted by atomic mass is 10.00. The van der Waals surface area contributed by atoms with Crippen LogP contribution in [-0.2, 0) is 14.6 Å². The van der Waals surface area contributed by atoms with Gasteiger partial charge in [-0.3, -0.25) is 4.89 Å². The Morgan fingerprint density at radius 2 is 2.42 bits per heavy atom. The second-order valence-corrected chi connectivity index (χ2v) is 2.75. The summed E-state index contributed by atoms with van der Waals surface area (Å²) in [6.45, 7) is 2.18. The first-order valence-electron chi connectivity index (χ1n) is 4.37. The summed E-state index contributed by atoms with van der Waals surface area (Å²) < 4.78 is 0. The summed E-state index contributed by atoms with van der Waals surface area (Å²) in [6, 6.07) is 0. The Morgan fingerprint density at radius 1 is 1.58 bits per heavy atom. The standard InChI is InChI=1S/C9H14O3/c1-2-11-12-9(10)8-6-4-3-5-7-8/h6H,2-5,7H2,1H3. The van der Waals surface area contributed by atoms with Crippen molar-refractivity contribution < 1.29 is 14.6 Å². The van der Waals surface area contributed by atoms with Gasteiger partial charge in [0, 0.05) is 5.57 Å². The van der Waals surface area contributed by atoms with Gasteiger partial charge in [0.2, 0.25) is 0 Å². The van der Waals surface area contributed by atoms with E-state index in [4.69, 9.17) is 0 Å². The fourth-order valence-corrected chi connectivity index (χ4v) is 1.19. The fraction of sp³-hybridized carbons (Fsp3) is 0.667. The number of hydrogen-bond acceptors (Lipinski definition) is 3. The van der Waals surface area contributed by atoms with Crippen LogP contribution in [0.5, 0.6) is 0 Å². The lowest BCUT2D eigenvalue weighted by Gasteiger charge is -2.09. The van der Waals surface area contributed by atoms with Crippen LogP contribution in [0.4, 0.5) is 0 Å². The minimum absolute atomic E-state index is 0.323. The quantitative estimate of drug-likeness (QED) is 0.480. The van der Waals surface area contributed by atoms with Crippen molar-refractivity contribution in [3.63, 3.8) is 0 Å². The molecule has 0 aromatic carbocycles. The normalized spacial score (nSPS) is 16.9. The molecule has 0 saturated carbocycles. The molecule has 0 heterocycles. The predicted octanol–water partition coefficient (Wildman–Crippen LogP) is 1.98. The molecular weight excluding hydrogens is 156 g/mol. The average Bonchev–Trinajstić information content (AvgIpc) is 2.15. The molecule has 1 aliphatic rings. The van der Waals surface area contributed by atoms with Crippen molar-refractivity contribution in [3.8, 4) is 0 Å². The van der Waals surface area contributed by atoms with Crippen LogP contribution in [0.3, 0.4) is 0 Å². The summed E-state index contributed by atoms with van der Waals surface area (Å²) in [6.07, 6.45) is 5.99. The highest BCUT2D eigenvalue weighted by Crippen LogP contribution is 2.18. The van der Waals surface area contributed by atoms with Gasteiger partial charge >= 0.3 is 5.97 Å². The van der Waals surface area contributed by atoms with Crippen LogP contribution in [0.15, 0.2) is 11.6 Å². The molecule has 1 rings (SSSR count). The molecule has 0 radical (unpaired) electrons. The smallest absolute Gasteiger partial charge is 0.293 e. The Bertz CT molecular complexity index is 184. The Labute approximate surface area is 72.3 Å². The number of allylic oxidation sites excluding steroid dienone is 1. The zero-order valence-electron chi connectivity index (χ0n) is 7.34. The van der Waals surface area contributed by atoms with Gasteiger partial charge in [0.1, 0.15) is 0 Å². The van der Waals surface area contributed by atoms with Gasteiger partial charge in [-0.05, 0) is 32.6 Å². The molecule has 12 heavy (non-hydrogen) atoms. The molecule has 0 amide bonds. The van der Waals surface area contributed by atoms with Crippen LogP contribution < -0.4 is 0 Å². The highest BCUT2D eigenvalue weighted by molar-refractivity contribution is 5.88. The van der Waals surface area contributed by atoms with Crippen molar-refractivity contribution in [3.05, 3.63) is 11.6 Å². The molecule has 68 valence electrons. The van der Waals surface area contributed by atoms with Crippen LogP contribution >= 0.6 is 0 Å². The van der Waals surface area contributed by atoms with E-state index in [-0.39, 0.29) is 5.97 Å². The first-order valence-corrected chi connectivity index (χ1v) is 4.37. The van der Waals surface area contributed by atoms with Gasteiger partial charge in [-0.25, -0.2) is 4.79 Å². The summed E-state index contributed by atoms with van der Waals surface area (Å²) >= 11 is 0. The van der Waals surface area contributed by atoms with Gasteiger partial charge in [0.25, 0.3) is 0 Å². The van der Waals surface area contributed by atoms with Crippen LogP contribution in [0.2, 0.25) is 0 Å². The Balaban J connectivity index is 2.35. The first kappa shape index (κ1) is 9.26. The van der Waals surface area contributed by atoms with Gasteiger partial charge in [0.05, 0.1) is 6.61 Å². The second-order valence-electron chi connectivity index (χ2n) is 2.75. The van der Waals surface area contributed by atoms with Gasteiger partial charge in [0.15, 0.2) is 0 Å². The minimum Gasteiger partial charge on any atom is -0.293 e.